The molecule has 88 valence electrons. The second-order valence-electron chi connectivity index (χ2n) is 6.76. The number of rotatable bonds is 3. The van der Waals surface area contributed by atoms with Crippen molar-refractivity contribution in [2.24, 2.45) is 10.8 Å². The average Bonchev–Trinajstić information content (AvgIpc) is 2.77. The lowest BCUT2D eigenvalue weighted by molar-refractivity contribution is -0.136. The molecule has 1 rings (SSSR count). The van der Waals surface area contributed by atoms with Crippen LogP contribution in [0, 0.1) is 10.8 Å². The van der Waals surface area contributed by atoms with Crippen LogP contribution in [0.4, 0.5) is 0 Å². The van der Waals surface area contributed by atoms with Crippen molar-refractivity contribution in [2.75, 3.05) is 6.61 Å². The fraction of sp³-hybridized carbons (Fsp3) is 0.923. The zero-order valence-corrected chi connectivity index (χ0v) is 10.9. The number of carbonyl (C=O) groups excluding carboxylic acids is 1. The van der Waals surface area contributed by atoms with Crippen molar-refractivity contribution < 1.29 is 9.53 Å². The zero-order valence-electron chi connectivity index (χ0n) is 10.9. The first-order valence-corrected chi connectivity index (χ1v) is 5.76. The lowest BCUT2D eigenvalue weighted by Gasteiger charge is -2.28. The molecule has 0 aromatic rings. The molecule has 0 aromatic carbocycles. The van der Waals surface area contributed by atoms with Crippen LogP contribution in [-0.2, 0) is 9.53 Å². The molecule has 1 aliphatic carbocycles. The molecule has 1 saturated carbocycles. The summed E-state index contributed by atoms with van der Waals surface area (Å²) in [4.78, 5) is 12.2. The Labute approximate surface area is 93.4 Å². The number of hydrogen-bond acceptors (Lipinski definition) is 2. The highest BCUT2D eigenvalue weighted by molar-refractivity contribution is 5.91. The fourth-order valence-electron chi connectivity index (χ4n) is 1.74. The van der Waals surface area contributed by atoms with Crippen LogP contribution in [0.15, 0.2) is 0 Å². The highest BCUT2D eigenvalue weighted by Crippen LogP contribution is 2.51. The number of ketones is 1. The highest BCUT2D eigenvalue weighted by Gasteiger charge is 2.53. The van der Waals surface area contributed by atoms with Gasteiger partial charge in [0, 0.05) is 5.41 Å². The summed E-state index contributed by atoms with van der Waals surface area (Å²) in [6.45, 7) is 12.7. The second-order valence-corrected chi connectivity index (χ2v) is 6.76. The molecule has 0 heterocycles. The molecule has 0 radical (unpaired) electrons. The van der Waals surface area contributed by atoms with Crippen molar-refractivity contribution in [3.05, 3.63) is 0 Å². The molecule has 0 aromatic heterocycles. The molecule has 0 spiro atoms. The van der Waals surface area contributed by atoms with Gasteiger partial charge in [0.1, 0.15) is 5.78 Å². The third kappa shape index (κ3) is 3.30. The Morgan fingerprint density at radius 2 is 1.60 bits per heavy atom. The van der Waals surface area contributed by atoms with Crippen LogP contribution >= 0.6 is 0 Å². The van der Waals surface area contributed by atoms with E-state index in [1.807, 2.05) is 41.5 Å². The van der Waals surface area contributed by atoms with E-state index in [0.717, 1.165) is 12.8 Å². The van der Waals surface area contributed by atoms with Crippen LogP contribution in [0.2, 0.25) is 0 Å². The SMILES string of the molecule is CC(C)(C)OCC1(C(=O)C(C)(C)C)CC1. The minimum absolute atomic E-state index is 0.145. The van der Waals surface area contributed by atoms with Crippen molar-refractivity contribution in [3.63, 3.8) is 0 Å². The summed E-state index contributed by atoms with van der Waals surface area (Å²) in [5.74, 6) is 0.360. The first-order valence-electron chi connectivity index (χ1n) is 5.76. The molecule has 0 amide bonds. The van der Waals surface area contributed by atoms with Crippen LogP contribution in [0.3, 0.4) is 0 Å². The van der Waals surface area contributed by atoms with Crippen LogP contribution in [0.1, 0.15) is 54.4 Å². The predicted octanol–water partition coefficient (Wildman–Crippen LogP) is 3.20. The number of carbonyl (C=O) groups is 1. The van der Waals surface area contributed by atoms with Crippen LogP contribution < -0.4 is 0 Å². The number of ether oxygens (including phenoxy) is 1. The average molecular weight is 212 g/mol. The van der Waals surface area contributed by atoms with E-state index in [0.29, 0.717) is 12.4 Å². The molecular weight excluding hydrogens is 188 g/mol. The summed E-state index contributed by atoms with van der Waals surface area (Å²) in [7, 11) is 0. The van der Waals surface area contributed by atoms with Gasteiger partial charge in [-0.2, -0.15) is 0 Å². The minimum atomic E-state index is -0.238. The molecule has 15 heavy (non-hydrogen) atoms. The van der Waals surface area contributed by atoms with Crippen molar-refractivity contribution in [1.29, 1.82) is 0 Å². The van der Waals surface area contributed by atoms with Gasteiger partial charge in [-0.3, -0.25) is 4.79 Å². The Kier molecular flexibility index (Phi) is 3.03. The van der Waals surface area contributed by atoms with Crippen LogP contribution in [0.5, 0.6) is 0 Å². The Morgan fingerprint density at radius 1 is 1.13 bits per heavy atom. The normalized spacial score (nSPS) is 20.1. The number of hydrogen-bond donors (Lipinski definition) is 0. The highest BCUT2D eigenvalue weighted by atomic mass is 16.5. The minimum Gasteiger partial charge on any atom is -0.375 e. The Morgan fingerprint density at radius 3 is 1.87 bits per heavy atom. The topological polar surface area (TPSA) is 26.3 Å². The zero-order chi connectivity index (χ0) is 11.9. The Bertz CT molecular complexity index is 249. The van der Waals surface area contributed by atoms with Gasteiger partial charge in [-0.25, -0.2) is 0 Å². The Hall–Kier alpha value is -0.370. The van der Waals surface area contributed by atoms with E-state index in [1.165, 1.54) is 0 Å². The Balaban J connectivity index is 2.58. The predicted molar refractivity (Wildman–Crippen MR) is 61.8 cm³/mol. The van der Waals surface area contributed by atoms with Gasteiger partial charge in [0.2, 0.25) is 0 Å². The molecule has 0 saturated heterocycles. The maximum absolute atomic E-state index is 12.2. The fourth-order valence-corrected chi connectivity index (χ4v) is 1.74. The van der Waals surface area contributed by atoms with E-state index in [2.05, 4.69) is 0 Å². The third-order valence-corrected chi connectivity index (χ3v) is 2.80. The monoisotopic (exact) mass is 212 g/mol. The summed E-state index contributed by atoms with van der Waals surface area (Å²) in [6, 6.07) is 0. The molecular formula is C13H24O2. The summed E-state index contributed by atoms with van der Waals surface area (Å²) in [5, 5.41) is 0. The van der Waals surface area contributed by atoms with Crippen LogP contribution in [0.25, 0.3) is 0 Å². The molecule has 0 unspecified atom stereocenters. The van der Waals surface area contributed by atoms with E-state index in [1.54, 1.807) is 0 Å². The lowest BCUT2D eigenvalue weighted by Crippen LogP contribution is -2.35. The summed E-state index contributed by atoms with van der Waals surface area (Å²) < 4.78 is 5.75. The molecule has 0 N–H and O–H groups in total. The van der Waals surface area contributed by atoms with E-state index in [4.69, 9.17) is 4.74 Å². The van der Waals surface area contributed by atoms with Gasteiger partial charge < -0.3 is 4.74 Å². The van der Waals surface area contributed by atoms with Crippen molar-refractivity contribution in [2.45, 2.75) is 60.0 Å². The molecule has 1 aliphatic rings. The summed E-state index contributed by atoms with van der Waals surface area (Å²) in [5.41, 5.74) is -0.545. The lowest BCUT2D eigenvalue weighted by atomic mass is 9.81. The smallest absolute Gasteiger partial charge is 0.146 e. The molecule has 2 nitrogen and oxygen atoms in total. The van der Waals surface area contributed by atoms with E-state index < -0.39 is 0 Å². The molecule has 2 heteroatoms. The van der Waals surface area contributed by atoms with Gasteiger partial charge in [-0.05, 0) is 33.6 Å². The first kappa shape index (κ1) is 12.7. The van der Waals surface area contributed by atoms with E-state index in [-0.39, 0.29) is 16.4 Å². The van der Waals surface area contributed by atoms with E-state index >= 15 is 0 Å². The van der Waals surface area contributed by atoms with Gasteiger partial charge in [0.25, 0.3) is 0 Å². The molecule has 0 bridgehead atoms. The van der Waals surface area contributed by atoms with Gasteiger partial charge in [-0.15, -0.1) is 0 Å². The second kappa shape index (κ2) is 3.58. The van der Waals surface area contributed by atoms with Gasteiger partial charge >= 0.3 is 0 Å². The van der Waals surface area contributed by atoms with Crippen LogP contribution in [-0.4, -0.2) is 18.0 Å². The standard InChI is InChI=1S/C13H24O2/c1-11(2,3)10(14)13(7-8-13)9-15-12(4,5)6/h7-9H2,1-6H3. The van der Waals surface area contributed by atoms with Gasteiger partial charge in [-0.1, -0.05) is 20.8 Å². The van der Waals surface area contributed by atoms with Crippen molar-refractivity contribution >= 4 is 5.78 Å². The number of Topliss-reactive ketones (excluding diaryl/α,β-unsaturated/α-hetero) is 1. The largest absolute Gasteiger partial charge is 0.375 e. The maximum atomic E-state index is 12.2. The molecule has 0 aliphatic heterocycles. The third-order valence-electron chi connectivity index (χ3n) is 2.80. The quantitative estimate of drug-likeness (QED) is 0.718. The molecule has 1 fully saturated rings. The van der Waals surface area contributed by atoms with E-state index in [9.17, 15) is 4.79 Å². The molecule has 0 atom stereocenters. The van der Waals surface area contributed by atoms with Crippen molar-refractivity contribution in [1.82, 2.24) is 0 Å². The first-order chi connectivity index (χ1) is 6.57. The summed E-state index contributed by atoms with van der Waals surface area (Å²) in [6.07, 6.45) is 2.00. The maximum Gasteiger partial charge on any atom is 0.146 e. The van der Waals surface area contributed by atoms with Gasteiger partial charge in [0.15, 0.2) is 0 Å². The summed E-state index contributed by atoms with van der Waals surface area (Å²) >= 11 is 0. The van der Waals surface area contributed by atoms with Crippen molar-refractivity contribution in [3.8, 4) is 0 Å². The van der Waals surface area contributed by atoms with Gasteiger partial charge in [0.05, 0.1) is 17.6 Å².